The summed E-state index contributed by atoms with van der Waals surface area (Å²) in [4.78, 5) is 15.8. The minimum absolute atomic E-state index is 0.0188. The van der Waals surface area contributed by atoms with E-state index in [0.717, 1.165) is 54.7 Å². The second-order valence-electron chi connectivity index (χ2n) is 7.21. The summed E-state index contributed by atoms with van der Waals surface area (Å²) in [5.74, 6) is -0.0188. The van der Waals surface area contributed by atoms with Gasteiger partial charge in [-0.15, -0.1) is 11.3 Å². The van der Waals surface area contributed by atoms with Gasteiger partial charge in [-0.1, -0.05) is 29.8 Å². The van der Waals surface area contributed by atoms with Crippen molar-refractivity contribution in [3.63, 3.8) is 0 Å². The Morgan fingerprint density at radius 1 is 1.22 bits per heavy atom. The van der Waals surface area contributed by atoms with Crippen LogP contribution in [-0.4, -0.2) is 37.1 Å². The van der Waals surface area contributed by atoms with Gasteiger partial charge in [0.15, 0.2) is 0 Å². The number of hydrogen-bond donors (Lipinski definition) is 1. The minimum atomic E-state index is -0.0188. The number of rotatable bonds is 4. The van der Waals surface area contributed by atoms with Gasteiger partial charge in [0, 0.05) is 35.5 Å². The Morgan fingerprint density at radius 2 is 1.96 bits per heavy atom. The molecule has 2 aliphatic rings. The van der Waals surface area contributed by atoms with Crippen molar-refractivity contribution in [3.8, 4) is 0 Å². The number of carbonyl (C=O) groups excluding carboxylic acids is 1. The molecule has 0 radical (unpaired) electrons. The first-order valence-electron chi connectivity index (χ1n) is 9.63. The number of fused-ring (bicyclic) bond motifs is 1. The molecule has 1 saturated heterocycles. The van der Waals surface area contributed by atoms with Gasteiger partial charge in [0.25, 0.3) is 0 Å². The molecule has 1 aromatic carbocycles. The smallest absolute Gasteiger partial charge is 0.221 e. The van der Waals surface area contributed by atoms with Crippen molar-refractivity contribution in [2.75, 3.05) is 31.6 Å². The summed E-state index contributed by atoms with van der Waals surface area (Å²) in [5.41, 5.74) is 3.78. The van der Waals surface area contributed by atoms with Crippen LogP contribution in [-0.2, 0) is 22.4 Å². The van der Waals surface area contributed by atoms with E-state index in [4.69, 9.17) is 16.3 Å². The molecule has 6 heteroatoms. The van der Waals surface area contributed by atoms with Crippen molar-refractivity contribution < 1.29 is 9.53 Å². The van der Waals surface area contributed by atoms with Crippen LogP contribution in [0.4, 0.5) is 5.00 Å². The van der Waals surface area contributed by atoms with E-state index in [1.165, 1.54) is 28.8 Å². The quantitative estimate of drug-likeness (QED) is 0.805. The maximum atomic E-state index is 11.9. The topological polar surface area (TPSA) is 41.6 Å². The number of anilines is 1. The Hall–Kier alpha value is -1.40. The van der Waals surface area contributed by atoms with E-state index in [9.17, 15) is 4.79 Å². The molecule has 0 bridgehead atoms. The summed E-state index contributed by atoms with van der Waals surface area (Å²) in [5, 5.41) is 4.89. The van der Waals surface area contributed by atoms with Crippen molar-refractivity contribution >= 4 is 33.8 Å². The molecule has 2 heterocycles. The van der Waals surface area contributed by atoms with Crippen molar-refractivity contribution in [2.24, 2.45) is 0 Å². The number of hydrogen-bond acceptors (Lipinski definition) is 4. The molecular weight excluding hydrogens is 380 g/mol. The fourth-order valence-corrected chi connectivity index (χ4v) is 5.81. The van der Waals surface area contributed by atoms with Crippen LogP contribution in [0.3, 0.4) is 0 Å². The third-order valence-electron chi connectivity index (χ3n) is 5.39. The number of thiophene rings is 1. The first kappa shape index (κ1) is 18.9. The fourth-order valence-electron chi connectivity index (χ4n) is 4.20. The molecule has 1 N–H and O–H groups in total. The van der Waals surface area contributed by atoms with Crippen LogP contribution in [0.5, 0.6) is 0 Å². The molecular formula is C21H25ClN2O2S. The van der Waals surface area contributed by atoms with Crippen LogP contribution >= 0.6 is 22.9 Å². The summed E-state index contributed by atoms with van der Waals surface area (Å²) < 4.78 is 5.60. The highest BCUT2D eigenvalue weighted by Gasteiger charge is 2.33. The van der Waals surface area contributed by atoms with Crippen LogP contribution < -0.4 is 5.32 Å². The number of ether oxygens (including phenoxy) is 1. The molecule has 4 nitrogen and oxygen atoms in total. The second-order valence-corrected chi connectivity index (χ2v) is 8.72. The molecule has 1 fully saturated rings. The van der Waals surface area contributed by atoms with E-state index in [-0.39, 0.29) is 11.9 Å². The average Bonchev–Trinajstić information content (AvgIpc) is 3.02. The number of aryl methyl sites for hydroxylation is 1. The van der Waals surface area contributed by atoms with E-state index in [1.807, 2.05) is 18.2 Å². The molecule has 1 aliphatic heterocycles. The predicted octanol–water partition coefficient (Wildman–Crippen LogP) is 4.66. The van der Waals surface area contributed by atoms with E-state index in [2.05, 4.69) is 16.3 Å². The number of carbonyl (C=O) groups is 1. The van der Waals surface area contributed by atoms with Crippen LogP contribution in [0.25, 0.3) is 0 Å². The summed E-state index contributed by atoms with van der Waals surface area (Å²) in [7, 11) is 0. The van der Waals surface area contributed by atoms with Crippen molar-refractivity contribution in [3.05, 3.63) is 50.9 Å². The predicted molar refractivity (Wildman–Crippen MR) is 111 cm³/mol. The highest BCUT2D eigenvalue weighted by atomic mass is 35.5. The monoisotopic (exact) mass is 404 g/mol. The number of morpholine rings is 1. The molecule has 0 saturated carbocycles. The zero-order valence-electron chi connectivity index (χ0n) is 15.6. The van der Waals surface area contributed by atoms with Crippen LogP contribution in [0, 0.1) is 0 Å². The SMILES string of the molecule is CC(=O)Nc1sc2c(c1[C@H](c1ccccc1Cl)N1CCOCC1)CCCC2. The van der Waals surface area contributed by atoms with Gasteiger partial charge in [-0.25, -0.2) is 0 Å². The van der Waals surface area contributed by atoms with Crippen LogP contribution in [0.1, 0.15) is 47.4 Å². The minimum Gasteiger partial charge on any atom is -0.379 e. The Labute approximate surface area is 169 Å². The summed E-state index contributed by atoms with van der Waals surface area (Å²) in [6.45, 7) is 4.76. The van der Waals surface area contributed by atoms with Crippen molar-refractivity contribution in [2.45, 2.75) is 38.6 Å². The van der Waals surface area contributed by atoms with Gasteiger partial charge < -0.3 is 10.1 Å². The summed E-state index contributed by atoms with van der Waals surface area (Å²) in [6.07, 6.45) is 4.60. The lowest BCUT2D eigenvalue weighted by Gasteiger charge is -2.36. The maximum absolute atomic E-state index is 11.9. The molecule has 27 heavy (non-hydrogen) atoms. The molecule has 0 spiro atoms. The summed E-state index contributed by atoms with van der Waals surface area (Å²) >= 11 is 8.40. The third kappa shape index (κ3) is 3.92. The number of amides is 1. The molecule has 0 unspecified atom stereocenters. The fraction of sp³-hybridized carbons (Fsp3) is 0.476. The molecule has 144 valence electrons. The number of nitrogens with one attached hydrogen (secondary N) is 1. The standard InChI is InChI=1S/C21H25ClN2O2S/c1-14(25)23-21-19(16-7-3-5-9-18(16)27-21)20(24-10-12-26-13-11-24)15-6-2-4-8-17(15)22/h2,4,6,8,20H,3,5,7,9-13H2,1H3,(H,23,25)/t20-/m0/s1. The highest BCUT2D eigenvalue weighted by molar-refractivity contribution is 7.16. The van der Waals surface area contributed by atoms with Gasteiger partial charge in [-0.2, -0.15) is 0 Å². The normalized spacial score (nSPS) is 18.7. The lowest BCUT2D eigenvalue weighted by atomic mass is 9.88. The molecule has 4 rings (SSSR count). The van der Waals surface area contributed by atoms with Gasteiger partial charge in [-0.3, -0.25) is 9.69 Å². The maximum Gasteiger partial charge on any atom is 0.221 e. The molecule has 1 atom stereocenters. The number of halogens is 1. The van der Waals surface area contributed by atoms with Gasteiger partial charge in [0.2, 0.25) is 5.91 Å². The van der Waals surface area contributed by atoms with E-state index < -0.39 is 0 Å². The van der Waals surface area contributed by atoms with E-state index >= 15 is 0 Å². The van der Waals surface area contributed by atoms with Gasteiger partial charge in [-0.05, 0) is 42.9 Å². The zero-order valence-corrected chi connectivity index (χ0v) is 17.2. The van der Waals surface area contributed by atoms with Crippen LogP contribution in [0.15, 0.2) is 24.3 Å². The van der Waals surface area contributed by atoms with Gasteiger partial charge in [0.05, 0.1) is 19.3 Å². The van der Waals surface area contributed by atoms with E-state index in [0.29, 0.717) is 0 Å². The largest absolute Gasteiger partial charge is 0.379 e. The Kier molecular flexibility index (Phi) is 5.83. The lowest BCUT2D eigenvalue weighted by Crippen LogP contribution is -2.40. The first-order valence-corrected chi connectivity index (χ1v) is 10.8. The Bertz CT molecular complexity index is 830. The Morgan fingerprint density at radius 3 is 2.70 bits per heavy atom. The first-order chi connectivity index (χ1) is 13.1. The number of benzene rings is 1. The van der Waals surface area contributed by atoms with E-state index in [1.54, 1.807) is 18.3 Å². The number of nitrogens with zero attached hydrogens (tertiary/aromatic N) is 1. The van der Waals surface area contributed by atoms with Gasteiger partial charge >= 0.3 is 0 Å². The van der Waals surface area contributed by atoms with Gasteiger partial charge in [0.1, 0.15) is 5.00 Å². The molecule has 2 aromatic rings. The molecule has 1 aliphatic carbocycles. The average molecular weight is 405 g/mol. The highest BCUT2D eigenvalue weighted by Crippen LogP contribution is 2.46. The second kappa shape index (κ2) is 8.31. The zero-order chi connectivity index (χ0) is 18.8. The molecule has 1 amide bonds. The Balaban J connectivity index is 1.87. The summed E-state index contributed by atoms with van der Waals surface area (Å²) in [6, 6.07) is 8.14. The lowest BCUT2D eigenvalue weighted by molar-refractivity contribution is -0.114. The van der Waals surface area contributed by atoms with Crippen LogP contribution in [0.2, 0.25) is 5.02 Å². The molecule has 1 aromatic heterocycles. The van der Waals surface area contributed by atoms with Crippen molar-refractivity contribution in [1.29, 1.82) is 0 Å². The van der Waals surface area contributed by atoms with Crippen molar-refractivity contribution in [1.82, 2.24) is 4.90 Å². The third-order valence-corrected chi connectivity index (χ3v) is 6.95.